The van der Waals surface area contributed by atoms with Gasteiger partial charge in [0.25, 0.3) is 0 Å². The summed E-state index contributed by atoms with van der Waals surface area (Å²) < 4.78 is 0. The summed E-state index contributed by atoms with van der Waals surface area (Å²) in [6, 6.07) is 27.6. The molecule has 0 aliphatic carbocycles. The fourth-order valence-electron chi connectivity index (χ4n) is 4.15. The molecule has 0 saturated heterocycles. The van der Waals surface area contributed by atoms with Crippen molar-refractivity contribution in [1.82, 2.24) is 0 Å². The van der Waals surface area contributed by atoms with E-state index in [4.69, 9.17) is 0 Å². The number of rotatable bonds is 10. The van der Waals surface area contributed by atoms with Gasteiger partial charge in [0.05, 0.1) is 17.2 Å². The Kier molecular flexibility index (Phi) is 7.93. The molecule has 4 aromatic carbocycles. The van der Waals surface area contributed by atoms with Gasteiger partial charge in [0.1, 0.15) is 11.5 Å². The Morgan fingerprint density at radius 2 is 0.972 bits per heavy atom. The van der Waals surface area contributed by atoms with Gasteiger partial charge in [-0.25, -0.2) is 0 Å². The average Bonchev–Trinajstić information content (AvgIpc) is 2.91. The molecule has 0 fully saturated rings. The molecule has 3 N–H and O–H groups in total. The molecule has 5 heteroatoms. The van der Waals surface area contributed by atoms with Gasteiger partial charge in [0.15, 0.2) is 11.6 Å². The van der Waals surface area contributed by atoms with Gasteiger partial charge < -0.3 is 15.3 Å². The minimum Gasteiger partial charge on any atom is -0.507 e. The minimum absolute atomic E-state index is 0.0727. The lowest BCUT2D eigenvalue weighted by Gasteiger charge is -2.12. The lowest BCUT2D eigenvalue weighted by Crippen LogP contribution is -2.10. The van der Waals surface area contributed by atoms with Gasteiger partial charge in [-0.2, -0.15) is 0 Å². The quantitative estimate of drug-likeness (QED) is 0.261. The Morgan fingerprint density at radius 3 is 1.33 bits per heavy atom. The van der Waals surface area contributed by atoms with Crippen LogP contribution in [0.3, 0.4) is 0 Å². The van der Waals surface area contributed by atoms with Crippen LogP contribution in [0.5, 0.6) is 11.5 Å². The second-order valence-electron chi connectivity index (χ2n) is 8.82. The molecule has 0 amide bonds. The monoisotopic (exact) mass is 480 g/mol. The summed E-state index contributed by atoms with van der Waals surface area (Å²) in [7, 11) is 0. The molecule has 182 valence electrons. The standard InChI is InChI=1S/C31H28O5/c32-25(15-11-21-13-17-26(28(33)19-21)30(35)23-7-3-1-4-8-23)16-12-22-14-18-27(29(34)20-22)31(36)24-9-5-2-6-10-24/h1-10,13-14,17-20,25,32-34H,11-12,15-16H2. The summed E-state index contributed by atoms with van der Waals surface area (Å²) in [5.41, 5.74) is 3.19. The Balaban J connectivity index is 1.30. The van der Waals surface area contributed by atoms with Crippen LogP contribution in [-0.4, -0.2) is 33.0 Å². The zero-order valence-corrected chi connectivity index (χ0v) is 19.8. The molecule has 0 aliphatic heterocycles. The molecule has 0 radical (unpaired) electrons. The lowest BCUT2D eigenvalue weighted by atomic mass is 9.96. The zero-order chi connectivity index (χ0) is 25.5. The highest BCUT2D eigenvalue weighted by molar-refractivity contribution is 6.11. The molecule has 0 atom stereocenters. The van der Waals surface area contributed by atoms with Gasteiger partial charge in [-0.05, 0) is 61.1 Å². The average molecular weight is 481 g/mol. The Bertz CT molecular complexity index is 1240. The Labute approximate surface area is 210 Å². The first-order valence-corrected chi connectivity index (χ1v) is 11.9. The van der Waals surface area contributed by atoms with Crippen LogP contribution in [0.4, 0.5) is 0 Å². The first-order valence-electron chi connectivity index (χ1n) is 11.9. The highest BCUT2D eigenvalue weighted by Crippen LogP contribution is 2.25. The van der Waals surface area contributed by atoms with Crippen LogP contribution in [-0.2, 0) is 12.8 Å². The number of hydrogen-bond acceptors (Lipinski definition) is 5. The van der Waals surface area contributed by atoms with Gasteiger partial charge >= 0.3 is 0 Å². The fourth-order valence-corrected chi connectivity index (χ4v) is 4.15. The maximum atomic E-state index is 12.6. The summed E-state index contributed by atoms with van der Waals surface area (Å²) in [5.74, 6) is -0.619. The van der Waals surface area contributed by atoms with Crippen LogP contribution in [0, 0.1) is 0 Å². The van der Waals surface area contributed by atoms with Crippen molar-refractivity contribution in [2.75, 3.05) is 0 Å². The Hall–Kier alpha value is -4.22. The van der Waals surface area contributed by atoms with Crippen LogP contribution in [0.1, 0.15) is 55.8 Å². The first-order chi connectivity index (χ1) is 17.4. The highest BCUT2D eigenvalue weighted by Gasteiger charge is 2.16. The van der Waals surface area contributed by atoms with Crippen molar-refractivity contribution >= 4 is 11.6 Å². The minimum atomic E-state index is -0.578. The van der Waals surface area contributed by atoms with E-state index in [1.807, 2.05) is 12.1 Å². The third kappa shape index (κ3) is 6.06. The number of aliphatic hydroxyl groups is 1. The number of aliphatic hydroxyl groups excluding tert-OH is 1. The zero-order valence-electron chi connectivity index (χ0n) is 19.8. The van der Waals surface area contributed by atoms with E-state index in [1.54, 1.807) is 84.9 Å². The normalized spacial score (nSPS) is 10.9. The van der Waals surface area contributed by atoms with E-state index in [-0.39, 0.29) is 34.2 Å². The predicted octanol–water partition coefficient (Wildman–Crippen LogP) is 5.49. The van der Waals surface area contributed by atoms with E-state index >= 15 is 0 Å². The first kappa shape index (κ1) is 24.9. The van der Waals surface area contributed by atoms with Crippen molar-refractivity contribution in [1.29, 1.82) is 0 Å². The summed E-state index contributed by atoms with van der Waals surface area (Å²) in [5, 5.41) is 31.2. The van der Waals surface area contributed by atoms with Crippen molar-refractivity contribution in [3.8, 4) is 11.5 Å². The third-order valence-electron chi connectivity index (χ3n) is 6.22. The van der Waals surface area contributed by atoms with Gasteiger partial charge in [-0.15, -0.1) is 0 Å². The molecule has 4 aromatic rings. The number of hydrogen-bond donors (Lipinski definition) is 3. The molecule has 0 aliphatic rings. The third-order valence-corrected chi connectivity index (χ3v) is 6.22. The fraction of sp³-hybridized carbons (Fsp3) is 0.161. The predicted molar refractivity (Wildman–Crippen MR) is 139 cm³/mol. The van der Waals surface area contributed by atoms with Gasteiger partial charge in [0.2, 0.25) is 0 Å². The van der Waals surface area contributed by atoms with Crippen molar-refractivity contribution in [2.45, 2.75) is 31.8 Å². The second-order valence-corrected chi connectivity index (χ2v) is 8.82. The molecule has 5 nitrogen and oxygen atoms in total. The van der Waals surface area contributed by atoms with E-state index in [0.717, 1.165) is 11.1 Å². The van der Waals surface area contributed by atoms with Crippen LogP contribution >= 0.6 is 0 Å². The lowest BCUT2D eigenvalue weighted by molar-refractivity contribution is 0.102. The van der Waals surface area contributed by atoms with E-state index in [2.05, 4.69) is 0 Å². The molecular formula is C31H28O5. The smallest absolute Gasteiger partial charge is 0.196 e. The summed E-state index contributed by atoms with van der Waals surface area (Å²) in [6.07, 6.45) is 1.49. The van der Waals surface area contributed by atoms with Gasteiger partial charge in [-0.3, -0.25) is 9.59 Å². The van der Waals surface area contributed by atoms with Crippen LogP contribution in [0.15, 0.2) is 97.1 Å². The van der Waals surface area contributed by atoms with E-state index in [0.29, 0.717) is 36.8 Å². The number of aromatic hydroxyl groups is 2. The molecule has 0 bridgehead atoms. The van der Waals surface area contributed by atoms with Crippen LogP contribution in [0.25, 0.3) is 0 Å². The maximum Gasteiger partial charge on any atom is 0.196 e. The van der Waals surface area contributed by atoms with E-state index < -0.39 is 6.10 Å². The number of phenols is 2. The van der Waals surface area contributed by atoms with Crippen molar-refractivity contribution in [3.63, 3.8) is 0 Å². The number of carbonyl (C=O) groups excluding carboxylic acids is 2. The van der Waals surface area contributed by atoms with Gasteiger partial charge in [-0.1, -0.05) is 72.8 Å². The highest BCUT2D eigenvalue weighted by atomic mass is 16.3. The molecule has 4 rings (SSSR count). The van der Waals surface area contributed by atoms with Gasteiger partial charge in [0, 0.05) is 11.1 Å². The van der Waals surface area contributed by atoms with Crippen molar-refractivity contribution in [2.24, 2.45) is 0 Å². The molecule has 36 heavy (non-hydrogen) atoms. The summed E-state index contributed by atoms with van der Waals surface area (Å²) in [6.45, 7) is 0. The van der Waals surface area contributed by atoms with Crippen LogP contribution in [0.2, 0.25) is 0 Å². The number of phenolic OH excluding ortho intramolecular Hbond substituents is 2. The summed E-state index contributed by atoms with van der Waals surface area (Å²) >= 11 is 0. The molecular weight excluding hydrogens is 452 g/mol. The summed E-state index contributed by atoms with van der Waals surface area (Å²) in [4.78, 5) is 25.2. The number of benzene rings is 4. The molecule has 0 aromatic heterocycles. The van der Waals surface area contributed by atoms with Crippen LogP contribution < -0.4 is 0 Å². The SMILES string of the molecule is O=C(c1ccccc1)c1ccc(CCC(O)CCc2ccc(C(=O)c3ccccc3)c(O)c2)cc1O. The van der Waals surface area contributed by atoms with E-state index in [1.165, 1.54) is 0 Å². The molecule has 0 saturated carbocycles. The molecule has 0 spiro atoms. The van der Waals surface area contributed by atoms with E-state index in [9.17, 15) is 24.9 Å². The largest absolute Gasteiger partial charge is 0.507 e. The maximum absolute atomic E-state index is 12.6. The topological polar surface area (TPSA) is 94.8 Å². The van der Waals surface area contributed by atoms with Crippen molar-refractivity contribution < 1.29 is 24.9 Å². The molecule has 0 unspecified atom stereocenters. The molecule has 0 heterocycles. The number of aryl methyl sites for hydroxylation is 2. The number of ketones is 2. The Morgan fingerprint density at radius 1 is 0.583 bits per heavy atom. The second kappa shape index (κ2) is 11.5. The van der Waals surface area contributed by atoms with Crippen molar-refractivity contribution in [3.05, 3.63) is 130 Å². The number of carbonyl (C=O) groups is 2.